The van der Waals surface area contributed by atoms with Gasteiger partial charge in [0.2, 0.25) is 17.7 Å². The molecule has 3 aromatic rings. The molecular formula is C21H22N4O4. The number of aromatic nitrogens is 1. The molecule has 0 aliphatic carbocycles. The Morgan fingerprint density at radius 2 is 1.69 bits per heavy atom. The highest BCUT2D eigenvalue weighted by Gasteiger charge is 2.12. The lowest BCUT2D eigenvalue weighted by Crippen LogP contribution is -2.19. The highest BCUT2D eigenvalue weighted by molar-refractivity contribution is 6.01. The summed E-state index contributed by atoms with van der Waals surface area (Å²) in [6.07, 6.45) is 1.79. The zero-order valence-electron chi connectivity index (χ0n) is 16.4. The second-order valence-electron chi connectivity index (χ2n) is 6.51. The van der Waals surface area contributed by atoms with E-state index >= 15 is 0 Å². The molecule has 0 bridgehead atoms. The van der Waals surface area contributed by atoms with Crippen molar-refractivity contribution in [2.45, 2.75) is 20.4 Å². The zero-order valence-corrected chi connectivity index (χ0v) is 16.4. The highest BCUT2D eigenvalue weighted by atomic mass is 16.5. The molecule has 0 spiro atoms. The van der Waals surface area contributed by atoms with E-state index in [0.29, 0.717) is 22.8 Å². The highest BCUT2D eigenvalue weighted by Crippen LogP contribution is 2.28. The first-order chi connectivity index (χ1) is 13.9. The third-order valence-corrected chi connectivity index (χ3v) is 4.23. The number of methoxy groups -OCH3 is 1. The topological polar surface area (TPSA) is 101 Å². The molecule has 8 nitrogen and oxygen atoms in total. The lowest BCUT2D eigenvalue weighted by atomic mass is 10.2. The van der Waals surface area contributed by atoms with E-state index in [9.17, 15) is 14.4 Å². The van der Waals surface area contributed by atoms with Crippen molar-refractivity contribution in [3.8, 4) is 5.75 Å². The van der Waals surface area contributed by atoms with Gasteiger partial charge in [-0.3, -0.25) is 14.4 Å². The standard InChI is InChI=1S/C21H22N4O4/c1-13(26)22-15-7-8-20(29-3)18(11-15)24-21(28)12-25-10-9-16-17(23-14(2)27)5-4-6-19(16)25/h4-11H,12H2,1-3H3,(H,22,26)(H,23,27)(H,24,28). The number of rotatable bonds is 6. The molecule has 0 atom stereocenters. The molecule has 150 valence electrons. The van der Waals surface area contributed by atoms with E-state index in [0.717, 1.165) is 10.9 Å². The van der Waals surface area contributed by atoms with Crippen LogP contribution in [0, 0.1) is 0 Å². The van der Waals surface area contributed by atoms with Crippen LogP contribution in [0.3, 0.4) is 0 Å². The molecule has 3 amide bonds. The number of benzene rings is 2. The molecule has 0 fully saturated rings. The average Bonchev–Trinajstić information content (AvgIpc) is 3.05. The van der Waals surface area contributed by atoms with Gasteiger partial charge in [-0.05, 0) is 36.4 Å². The molecule has 1 aromatic heterocycles. The fourth-order valence-electron chi connectivity index (χ4n) is 3.09. The molecule has 3 N–H and O–H groups in total. The van der Waals surface area contributed by atoms with Crippen molar-refractivity contribution in [3.63, 3.8) is 0 Å². The van der Waals surface area contributed by atoms with Crippen LogP contribution in [0.25, 0.3) is 10.9 Å². The fourth-order valence-corrected chi connectivity index (χ4v) is 3.09. The number of nitrogens with zero attached hydrogens (tertiary/aromatic N) is 1. The van der Waals surface area contributed by atoms with E-state index in [-0.39, 0.29) is 24.3 Å². The smallest absolute Gasteiger partial charge is 0.244 e. The summed E-state index contributed by atoms with van der Waals surface area (Å²) in [7, 11) is 1.51. The van der Waals surface area contributed by atoms with Crippen LogP contribution in [0.4, 0.5) is 17.1 Å². The third kappa shape index (κ3) is 4.73. The molecule has 0 saturated carbocycles. The maximum Gasteiger partial charge on any atom is 0.244 e. The molecule has 3 rings (SSSR count). The first kappa shape index (κ1) is 19.9. The molecule has 0 radical (unpaired) electrons. The van der Waals surface area contributed by atoms with Gasteiger partial charge in [-0.2, -0.15) is 0 Å². The maximum absolute atomic E-state index is 12.6. The summed E-state index contributed by atoms with van der Waals surface area (Å²) in [6.45, 7) is 2.93. The number of fused-ring (bicyclic) bond motifs is 1. The summed E-state index contributed by atoms with van der Waals surface area (Å²) >= 11 is 0. The van der Waals surface area contributed by atoms with Crippen LogP contribution in [0.15, 0.2) is 48.7 Å². The molecular weight excluding hydrogens is 372 g/mol. The first-order valence-corrected chi connectivity index (χ1v) is 8.98. The van der Waals surface area contributed by atoms with E-state index in [4.69, 9.17) is 4.74 Å². The van der Waals surface area contributed by atoms with E-state index in [2.05, 4.69) is 16.0 Å². The summed E-state index contributed by atoms with van der Waals surface area (Å²) < 4.78 is 7.08. The third-order valence-electron chi connectivity index (χ3n) is 4.23. The lowest BCUT2D eigenvalue weighted by Gasteiger charge is -2.13. The summed E-state index contributed by atoms with van der Waals surface area (Å²) in [6, 6.07) is 12.4. The monoisotopic (exact) mass is 394 g/mol. The van der Waals surface area contributed by atoms with Crippen LogP contribution in [-0.2, 0) is 20.9 Å². The second kappa shape index (κ2) is 8.47. The molecule has 0 unspecified atom stereocenters. The Bertz CT molecular complexity index is 1090. The number of nitrogens with one attached hydrogen (secondary N) is 3. The zero-order chi connectivity index (χ0) is 21.0. The molecule has 0 aliphatic heterocycles. The van der Waals surface area contributed by atoms with Gasteiger partial charge in [-0.25, -0.2) is 0 Å². The van der Waals surface area contributed by atoms with Crippen LogP contribution in [0.5, 0.6) is 5.75 Å². The van der Waals surface area contributed by atoms with Crippen molar-refractivity contribution in [1.29, 1.82) is 0 Å². The lowest BCUT2D eigenvalue weighted by molar-refractivity contribution is -0.117. The van der Waals surface area contributed by atoms with Crippen LogP contribution in [0.2, 0.25) is 0 Å². The minimum Gasteiger partial charge on any atom is -0.495 e. The van der Waals surface area contributed by atoms with Crippen molar-refractivity contribution in [1.82, 2.24) is 4.57 Å². The predicted molar refractivity (Wildman–Crippen MR) is 112 cm³/mol. The Morgan fingerprint density at radius 1 is 0.931 bits per heavy atom. The molecule has 2 aromatic carbocycles. The van der Waals surface area contributed by atoms with E-state index < -0.39 is 0 Å². The Morgan fingerprint density at radius 3 is 2.38 bits per heavy atom. The van der Waals surface area contributed by atoms with Crippen LogP contribution >= 0.6 is 0 Å². The van der Waals surface area contributed by atoms with Crippen LogP contribution in [-0.4, -0.2) is 29.4 Å². The van der Waals surface area contributed by atoms with E-state index in [1.165, 1.54) is 21.0 Å². The van der Waals surface area contributed by atoms with Gasteiger partial charge >= 0.3 is 0 Å². The maximum atomic E-state index is 12.6. The Balaban J connectivity index is 1.81. The van der Waals surface area contributed by atoms with Crippen molar-refractivity contribution in [2.24, 2.45) is 0 Å². The van der Waals surface area contributed by atoms with Gasteiger partial charge in [0.15, 0.2) is 0 Å². The van der Waals surface area contributed by atoms with Gasteiger partial charge in [0.1, 0.15) is 12.3 Å². The number of carbonyl (C=O) groups is 3. The molecule has 29 heavy (non-hydrogen) atoms. The summed E-state index contributed by atoms with van der Waals surface area (Å²) in [5.74, 6) is -0.140. The van der Waals surface area contributed by atoms with Crippen LogP contribution < -0.4 is 20.7 Å². The van der Waals surface area contributed by atoms with Crippen molar-refractivity contribution >= 4 is 45.7 Å². The second-order valence-corrected chi connectivity index (χ2v) is 6.51. The summed E-state index contributed by atoms with van der Waals surface area (Å²) in [5.41, 5.74) is 2.53. The largest absolute Gasteiger partial charge is 0.495 e. The Kier molecular flexibility index (Phi) is 5.82. The van der Waals surface area contributed by atoms with E-state index in [1.807, 2.05) is 24.3 Å². The minimum atomic E-state index is -0.259. The van der Waals surface area contributed by atoms with Crippen molar-refractivity contribution in [3.05, 3.63) is 48.7 Å². The molecule has 0 aliphatic rings. The normalized spacial score (nSPS) is 10.4. The number of hydrogen-bond acceptors (Lipinski definition) is 4. The Hall–Kier alpha value is -3.81. The number of carbonyl (C=O) groups excluding carboxylic acids is 3. The van der Waals surface area contributed by atoms with Gasteiger partial charge < -0.3 is 25.3 Å². The number of ether oxygens (including phenoxy) is 1. The van der Waals surface area contributed by atoms with Gasteiger partial charge in [0, 0.05) is 31.1 Å². The van der Waals surface area contributed by atoms with E-state index in [1.54, 1.807) is 29.0 Å². The average molecular weight is 394 g/mol. The van der Waals surface area contributed by atoms with Gasteiger partial charge in [0.25, 0.3) is 0 Å². The van der Waals surface area contributed by atoms with Gasteiger partial charge in [0.05, 0.1) is 24.0 Å². The molecule has 0 saturated heterocycles. The quantitative estimate of drug-likeness (QED) is 0.597. The molecule has 8 heteroatoms. The fraction of sp³-hybridized carbons (Fsp3) is 0.190. The van der Waals surface area contributed by atoms with Crippen molar-refractivity contribution in [2.75, 3.05) is 23.1 Å². The van der Waals surface area contributed by atoms with Crippen LogP contribution in [0.1, 0.15) is 13.8 Å². The summed E-state index contributed by atoms with van der Waals surface area (Å²) in [5, 5.41) is 9.13. The minimum absolute atomic E-state index is 0.0700. The number of anilines is 3. The Labute approximate surface area is 167 Å². The predicted octanol–water partition coefficient (Wildman–Crippen LogP) is 3.21. The van der Waals surface area contributed by atoms with Gasteiger partial charge in [-0.1, -0.05) is 6.07 Å². The summed E-state index contributed by atoms with van der Waals surface area (Å²) in [4.78, 5) is 35.3. The number of amides is 3. The van der Waals surface area contributed by atoms with Crippen molar-refractivity contribution < 1.29 is 19.1 Å². The first-order valence-electron chi connectivity index (χ1n) is 8.98. The molecule has 1 heterocycles. The van der Waals surface area contributed by atoms with Gasteiger partial charge in [-0.15, -0.1) is 0 Å². The number of hydrogen-bond donors (Lipinski definition) is 3. The SMILES string of the molecule is COc1ccc(NC(C)=O)cc1NC(=O)Cn1ccc2c(NC(C)=O)cccc21.